The number of nitrogens with zero attached hydrogens (tertiary/aromatic N) is 1. The van der Waals surface area contributed by atoms with Gasteiger partial charge < -0.3 is 9.64 Å². The maximum Gasteiger partial charge on any atom is 0.162 e. The highest BCUT2D eigenvalue weighted by Crippen LogP contribution is 2.31. The van der Waals surface area contributed by atoms with Crippen LogP contribution in [0.3, 0.4) is 0 Å². The molecule has 0 aliphatic rings. The number of para-hydroxylation sites is 1. The summed E-state index contributed by atoms with van der Waals surface area (Å²) in [6, 6.07) is 11.7. The van der Waals surface area contributed by atoms with Crippen LogP contribution in [0.15, 0.2) is 42.5 Å². The highest BCUT2D eigenvalue weighted by atomic mass is 19.1. The molecule has 0 atom stereocenters. The van der Waals surface area contributed by atoms with E-state index in [2.05, 4.69) is 0 Å². The molecular formula is C16H16FNO2. The number of halogens is 1. The number of rotatable bonds is 4. The largest absolute Gasteiger partial charge is 0.497 e. The number of anilines is 2. The van der Waals surface area contributed by atoms with E-state index in [1.165, 1.54) is 19.1 Å². The van der Waals surface area contributed by atoms with Gasteiger partial charge in [-0.05, 0) is 43.3 Å². The number of hydrogen-bond donors (Lipinski definition) is 0. The van der Waals surface area contributed by atoms with Crippen molar-refractivity contribution >= 4 is 17.2 Å². The predicted octanol–water partition coefficient (Wildman–Crippen LogP) is 3.80. The maximum absolute atomic E-state index is 14.1. The van der Waals surface area contributed by atoms with Crippen molar-refractivity contribution in [3.63, 3.8) is 0 Å². The summed E-state index contributed by atoms with van der Waals surface area (Å²) in [5, 5.41) is 0. The van der Waals surface area contributed by atoms with Gasteiger partial charge in [0.15, 0.2) is 5.78 Å². The molecule has 0 spiro atoms. The van der Waals surface area contributed by atoms with Crippen LogP contribution in [0.25, 0.3) is 0 Å². The van der Waals surface area contributed by atoms with Crippen molar-refractivity contribution in [2.75, 3.05) is 19.1 Å². The van der Waals surface area contributed by atoms with Crippen LogP contribution >= 0.6 is 0 Å². The van der Waals surface area contributed by atoms with Crippen LogP contribution in [0.2, 0.25) is 0 Å². The Morgan fingerprint density at radius 1 is 1.15 bits per heavy atom. The first-order valence-corrected chi connectivity index (χ1v) is 6.22. The molecule has 2 aromatic rings. The molecule has 0 aliphatic carbocycles. The van der Waals surface area contributed by atoms with Crippen LogP contribution in [0.1, 0.15) is 17.3 Å². The normalized spacial score (nSPS) is 10.2. The molecule has 0 N–H and O–H groups in total. The summed E-state index contributed by atoms with van der Waals surface area (Å²) in [5.74, 6) is 0.137. The first-order valence-electron chi connectivity index (χ1n) is 6.22. The van der Waals surface area contributed by atoms with Crippen molar-refractivity contribution < 1.29 is 13.9 Å². The van der Waals surface area contributed by atoms with Crippen LogP contribution in [0, 0.1) is 5.82 Å². The van der Waals surface area contributed by atoms with E-state index < -0.39 is 5.82 Å². The fraction of sp³-hybridized carbons (Fsp3) is 0.188. The van der Waals surface area contributed by atoms with E-state index in [0.29, 0.717) is 5.56 Å². The fourth-order valence-electron chi connectivity index (χ4n) is 2.08. The zero-order chi connectivity index (χ0) is 14.7. The van der Waals surface area contributed by atoms with Gasteiger partial charge in [0.25, 0.3) is 0 Å². The maximum atomic E-state index is 14.1. The minimum absolute atomic E-state index is 0.167. The van der Waals surface area contributed by atoms with Crippen LogP contribution < -0.4 is 9.64 Å². The molecule has 0 fully saturated rings. The Bertz CT molecular complexity index is 623. The van der Waals surface area contributed by atoms with E-state index in [9.17, 15) is 9.18 Å². The first kappa shape index (κ1) is 14.1. The molecular weight excluding hydrogens is 257 g/mol. The van der Waals surface area contributed by atoms with Crippen molar-refractivity contribution in [2.24, 2.45) is 0 Å². The summed E-state index contributed by atoms with van der Waals surface area (Å²) < 4.78 is 19.2. The number of carbonyl (C=O) groups excluding carboxylic acids is 1. The quantitative estimate of drug-likeness (QED) is 0.793. The van der Waals surface area contributed by atoms with Crippen molar-refractivity contribution in [3.05, 3.63) is 53.8 Å². The monoisotopic (exact) mass is 273 g/mol. The van der Waals surface area contributed by atoms with Crippen molar-refractivity contribution in [2.45, 2.75) is 6.92 Å². The van der Waals surface area contributed by atoms with E-state index in [0.717, 1.165) is 11.4 Å². The zero-order valence-electron chi connectivity index (χ0n) is 11.7. The smallest absolute Gasteiger partial charge is 0.162 e. The Kier molecular flexibility index (Phi) is 4.03. The topological polar surface area (TPSA) is 29.5 Å². The number of ketones is 1. The number of Topliss-reactive ketones (excluding diaryl/α,β-unsaturated/α-hetero) is 1. The Labute approximate surface area is 117 Å². The highest BCUT2D eigenvalue weighted by molar-refractivity contribution is 6.00. The summed E-state index contributed by atoms with van der Waals surface area (Å²) in [7, 11) is 3.32. The zero-order valence-corrected chi connectivity index (χ0v) is 11.7. The minimum atomic E-state index is -0.420. The second-order valence-electron chi connectivity index (χ2n) is 4.45. The van der Waals surface area contributed by atoms with Crippen LogP contribution in [-0.4, -0.2) is 19.9 Å². The van der Waals surface area contributed by atoms with Gasteiger partial charge in [0.05, 0.1) is 12.8 Å². The molecule has 0 bridgehead atoms. The number of methoxy groups -OCH3 is 1. The molecule has 0 saturated heterocycles. The van der Waals surface area contributed by atoms with Gasteiger partial charge in [0.2, 0.25) is 0 Å². The first-order chi connectivity index (χ1) is 9.54. The van der Waals surface area contributed by atoms with Crippen LogP contribution in [0.4, 0.5) is 15.8 Å². The minimum Gasteiger partial charge on any atom is -0.497 e. The Balaban J connectivity index is 2.46. The summed E-state index contributed by atoms with van der Waals surface area (Å²) in [4.78, 5) is 13.3. The van der Waals surface area contributed by atoms with Gasteiger partial charge in [-0.25, -0.2) is 4.39 Å². The molecule has 0 radical (unpaired) electrons. The van der Waals surface area contributed by atoms with Gasteiger partial charge >= 0.3 is 0 Å². The number of ether oxygens (including phenoxy) is 1. The molecule has 0 unspecified atom stereocenters. The molecule has 0 aliphatic heterocycles. The second-order valence-corrected chi connectivity index (χ2v) is 4.45. The molecule has 0 aromatic heterocycles. The standard InChI is InChI=1S/C16H16FNO2/c1-11(19)14-5-4-6-15(17)16(14)18(2)12-7-9-13(20-3)10-8-12/h4-10H,1-3H3. The van der Waals surface area contributed by atoms with Crippen LogP contribution in [0.5, 0.6) is 5.75 Å². The van der Waals surface area contributed by atoms with E-state index in [1.807, 2.05) is 12.1 Å². The Hall–Kier alpha value is -2.36. The van der Waals surface area contributed by atoms with E-state index in [-0.39, 0.29) is 11.5 Å². The lowest BCUT2D eigenvalue weighted by Crippen LogP contribution is -2.15. The summed E-state index contributed by atoms with van der Waals surface area (Å²) in [6.45, 7) is 1.43. The Morgan fingerprint density at radius 3 is 2.35 bits per heavy atom. The highest BCUT2D eigenvalue weighted by Gasteiger charge is 2.17. The lowest BCUT2D eigenvalue weighted by Gasteiger charge is -2.22. The lowest BCUT2D eigenvalue weighted by atomic mass is 10.1. The SMILES string of the molecule is COc1ccc(N(C)c2c(F)cccc2C(C)=O)cc1. The van der Waals surface area contributed by atoms with Crippen molar-refractivity contribution in [1.82, 2.24) is 0 Å². The molecule has 0 saturated carbocycles. The van der Waals surface area contributed by atoms with Crippen molar-refractivity contribution in [1.29, 1.82) is 0 Å². The summed E-state index contributed by atoms with van der Waals surface area (Å²) >= 11 is 0. The van der Waals surface area contributed by atoms with E-state index in [4.69, 9.17) is 4.74 Å². The number of benzene rings is 2. The lowest BCUT2D eigenvalue weighted by molar-refractivity contribution is 0.101. The predicted molar refractivity (Wildman–Crippen MR) is 77.5 cm³/mol. The summed E-state index contributed by atoms with van der Waals surface area (Å²) in [6.07, 6.45) is 0. The van der Waals surface area contributed by atoms with E-state index in [1.54, 1.807) is 37.3 Å². The van der Waals surface area contributed by atoms with Gasteiger partial charge in [-0.15, -0.1) is 0 Å². The van der Waals surface area contributed by atoms with Gasteiger partial charge in [-0.3, -0.25) is 4.79 Å². The molecule has 2 aromatic carbocycles. The van der Waals surface area contributed by atoms with Gasteiger partial charge in [-0.1, -0.05) is 6.07 Å². The second kappa shape index (κ2) is 5.74. The average Bonchev–Trinajstić information content (AvgIpc) is 2.46. The summed E-state index contributed by atoms with van der Waals surface area (Å²) in [5.41, 5.74) is 1.42. The average molecular weight is 273 g/mol. The third-order valence-electron chi connectivity index (χ3n) is 3.16. The Morgan fingerprint density at radius 2 is 1.80 bits per heavy atom. The van der Waals surface area contributed by atoms with E-state index >= 15 is 0 Å². The van der Waals surface area contributed by atoms with Gasteiger partial charge in [0.1, 0.15) is 11.6 Å². The van der Waals surface area contributed by atoms with Crippen molar-refractivity contribution in [3.8, 4) is 5.75 Å². The third kappa shape index (κ3) is 2.64. The molecule has 2 rings (SSSR count). The molecule has 104 valence electrons. The fourth-order valence-corrected chi connectivity index (χ4v) is 2.08. The molecule has 0 heterocycles. The molecule has 20 heavy (non-hydrogen) atoms. The van der Waals surface area contributed by atoms with Crippen LogP contribution in [-0.2, 0) is 0 Å². The molecule has 4 heteroatoms. The number of hydrogen-bond acceptors (Lipinski definition) is 3. The van der Waals surface area contributed by atoms with Gasteiger partial charge in [0, 0.05) is 18.3 Å². The molecule has 0 amide bonds. The molecule has 3 nitrogen and oxygen atoms in total. The number of carbonyl (C=O) groups is 1. The third-order valence-corrected chi connectivity index (χ3v) is 3.16. The van der Waals surface area contributed by atoms with Gasteiger partial charge in [-0.2, -0.15) is 0 Å².